The van der Waals surface area contributed by atoms with E-state index in [9.17, 15) is 9.18 Å². The van der Waals surface area contributed by atoms with E-state index in [0.29, 0.717) is 11.0 Å². The van der Waals surface area contributed by atoms with Crippen molar-refractivity contribution in [3.63, 3.8) is 0 Å². The van der Waals surface area contributed by atoms with Crippen molar-refractivity contribution in [2.45, 2.75) is 13.8 Å². The van der Waals surface area contributed by atoms with Gasteiger partial charge in [0.2, 0.25) is 0 Å². The van der Waals surface area contributed by atoms with Crippen LogP contribution in [0.25, 0.3) is 22.3 Å². The molecule has 3 nitrogen and oxygen atoms in total. The van der Waals surface area contributed by atoms with Crippen LogP contribution in [0.2, 0.25) is 0 Å². The summed E-state index contributed by atoms with van der Waals surface area (Å²) in [6.07, 6.45) is 0. The molecule has 1 heterocycles. The highest BCUT2D eigenvalue weighted by molar-refractivity contribution is 6.09. The molecule has 0 unspecified atom stereocenters. The predicted octanol–water partition coefficient (Wildman–Crippen LogP) is 4.72. The van der Waals surface area contributed by atoms with Crippen LogP contribution in [0.4, 0.5) is 4.39 Å². The monoisotopic (exact) mass is 298 g/mol. The van der Waals surface area contributed by atoms with Crippen molar-refractivity contribution in [3.8, 4) is 11.3 Å². The van der Waals surface area contributed by atoms with Crippen LogP contribution in [0.1, 0.15) is 22.8 Å². The van der Waals surface area contributed by atoms with Gasteiger partial charge in [-0.25, -0.2) is 9.18 Å². The molecule has 1 aromatic heterocycles. The molecule has 0 N–H and O–H groups in total. The Kier molecular flexibility index (Phi) is 3.67. The third kappa shape index (κ3) is 2.37. The summed E-state index contributed by atoms with van der Waals surface area (Å²) >= 11 is 0. The van der Waals surface area contributed by atoms with Crippen LogP contribution in [-0.2, 0) is 4.74 Å². The van der Waals surface area contributed by atoms with Gasteiger partial charge >= 0.3 is 5.97 Å². The van der Waals surface area contributed by atoms with Gasteiger partial charge in [-0.3, -0.25) is 0 Å². The second kappa shape index (κ2) is 5.64. The van der Waals surface area contributed by atoms with Crippen LogP contribution in [0, 0.1) is 12.7 Å². The fourth-order valence-electron chi connectivity index (χ4n) is 2.45. The minimum absolute atomic E-state index is 0.206. The summed E-state index contributed by atoms with van der Waals surface area (Å²) in [6, 6.07) is 11.7. The fourth-order valence-corrected chi connectivity index (χ4v) is 2.45. The van der Waals surface area contributed by atoms with Crippen molar-refractivity contribution < 1.29 is 18.3 Å². The van der Waals surface area contributed by atoms with Crippen molar-refractivity contribution in [1.29, 1.82) is 0 Å². The quantitative estimate of drug-likeness (QED) is 0.656. The van der Waals surface area contributed by atoms with Crippen molar-refractivity contribution in [2.24, 2.45) is 0 Å². The van der Waals surface area contributed by atoms with Crippen molar-refractivity contribution in [3.05, 3.63) is 59.4 Å². The Balaban J connectivity index is 2.32. The number of esters is 1. The number of rotatable bonds is 3. The third-order valence-corrected chi connectivity index (χ3v) is 3.44. The summed E-state index contributed by atoms with van der Waals surface area (Å²) in [6.45, 7) is 3.90. The minimum atomic E-state index is -0.509. The van der Waals surface area contributed by atoms with Gasteiger partial charge in [-0.2, -0.15) is 0 Å². The highest BCUT2D eigenvalue weighted by Crippen LogP contribution is 2.35. The molecule has 0 atom stereocenters. The van der Waals surface area contributed by atoms with Gasteiger partial charge in [-0.05, 0) is 38.1 Å². The summed E-state index contributed by atoms with van der Waals surface area (Å²) < 4.78 is 25.0. The van der Waals surface area contributed by atoms with E-state index in [2.05, 4.69) is 0 Å². The molecular weight excluding hydrogens is 283 g/mol. The van der Waals surface area contributed by atoms with E-state index in [1.165, 1.54) is 6.07 Å². The van der Waals surface area contributed by atoms with E-state index in [0.717, 1.165) is 5.56 Å². The molecule has 0 fully saturated rings. The first kappa shape index (κ1) is 14.3. The molecule has 3 aromatic rings. The fraction of sp³-hybridized carbons (Fsp3) is 0.167. The highest BCUT2D eigenvalue weighted by atomic mass is 19.1. The number of carbonyl (C=O) groups excluding carboxylic acids is 1. The zero-order valence-electron chi connectivity index (χ0n) is 12.4. The van der Waals surface area contributed by atoms with Crippen LogP contribution in [0.3, 0.4) is 0 Å². The number of ether oxygens (including phenoxy) is 1. The van der Waals surface area contributed by atoms with Gasteiger partial charge in [0.1, 0.15) is 17.0 Å². The molecule has 0 aliphatic heterocycles. The Hall–Kier alpha value is -2.62. The minimum Gasteiger partial charge on any atom is -0.462 e. The average Bonchev–Trinajstić information content (AvgIpc) is 2.86. The molecule has 0 saturated carbocycles. The van der Waals surface area contributed by atoms with E-state index in [1.807, 2.05) is 19.1 Å². The smallest absolute Gasteiger partial charge is 0.342 e. The zero-order valence-corrected chi connectivity index (χ0v) is 12.4. The van der Waals surface area contributed by atoms with Gasteiger partial charge < -0.3 is 9.15 Å². The molecule has 0 aliphatic rings. The lowest BCUT2D eigenvalue weighted by Crippen LogP contribution is -2.05. The molecule has 0 aliphatic carbocycles. The van der Waals surface area contributed by atoms with Crippen molar-refractivity contribution >= 4 is 16.9 Å². The maximum Gasteiger partial charge on any atom is 0.342 e. The summed E-state index contributed by atoms with van der Waals surface area (Å²) in [5.74, 6) is -0.744. The van der Waals surface area contributed by atoms with Gasteiger partial charge in [0.25, 0.3) is 0 Å². The second-order valence-corrected chi connectivity index (χ2v) is 5.01. The first-order valence-corrected chi connectivity index (χ1v) is 7.07. The second-order valence-electron chi connectivity index (χ2n) is 5.01. The molecular formula is C18H15FO3. The number of aryl methyl sites for hydroxylation is 1. The van der Waals surface area contributed by atoms with Gasteiger partial charge in [0.15, 0.2) is 5.76 Å². The van der Waals surface area contributed by atoms with E-state index in [-0.39, 0.29) is 23.5 Å². The molecule has 0 saturated heterocycles. The van der Waals surface area contributed by atoms with E-state index >= 15 is 0 Å². The Bertz CT molecular complexity index is 849. The molecule has 22 heavy (non-hydrogen) atoms. The first-order chi connectivity index (χ1) is 10.6. The van der Waals surface area contributed by atoms with E-state index in [4.69, 9.17) is 9.15 Å². The molecule has 0 amide bonds. The summed E-state index contributed by atoms with van der Waals surface area (Å²) in [5, 5.41) is 0.636. The highest BCUT2D eigenvalue weighted by Gasteiger charge is 2.24. The standard InChI is InChI=1S/C18H15FO3/c1-3-21-18(20)16-13-10-11(2)8-9-15(13)22-17(16)12-6-4-5-7-14(12)19/h4-10H,3H2,1-2H3. The molecule has 0 bridgehead atoms. The molecule has 0 radical (unpaired) electrons. The number of halogens is 1. The van der Waals surface area contributed by atoms with Gasteiger partial charge in [-0.1, -0.05) is 23.8 Å². The number of fused-ring (bicyclic) bond motifs is 1. The third-order valence-electron chi connectivity index (χ3n) is 3.44. The lowest BCUT2D eigenvalue weighted by molar-refractivity contribution is 0.0529. The van der Waals surface area contributed by atoms with Crippen molar-refractivity contribution in [2.75, 3.05) is 6.61 Å². The van der Waals surface area contributed by atoms with Crippen LogP contribution < -0.4 is 0 Å². The van der Waals surface area contributed by atoms with E-state index in [1.54, 1.807) is 31.2 Å². The Morgan fingerprint density at radius 1 is 1.23 bits per heavy atom. The van der Waals surface area contributed by atoms with Crippen LogP contribution in [0.5, 0.6) is 0 Å². The van der Waals surface area contributed by atoms with E-state index < -0.39 is 11.8 Å². The van der Waals surface area contributed by atoms with Gasteiger partial charge in [0.05, 0.1) is 12.2 Å². The van der Waals surface area contributed by atoms with Crippen LogP contribution in [0.15, 0.2) is 46.9 Å². The summed E-state index contributed by atoms with van der Waals surface area (Å²) in [7, 11) is 0. The average molecular weight is 298 g/mol. The van der Waals surface area contributed by atoms with Gasteiger partial charge in [0, 0.05) is 5.39 Å². The molecule has 0 spiro atoms. The van der Waals surface area contributed by atoms with Gasteiger partial charge in [-0.15, -0.1) is 0 Å². The maximum absolute atomic E-state index is 14.1. The zero-order chi connectivity index (χ0) is 15.7. The number of hydrogen-bond acceptors (Lipinski definition) is 3. The van der Waals surface area contributed by atoms with Crippen LogP contribution >= 0.6 is 0 Å². The summed E-state index contributed by atoms with van der Waals surface area (Å²) in [5.41, 5.74) is 2.04. The predicted molar refractivity (Wildman–Crippen MR) is 82.3 cm³/mol. The Labute approximate surface area is 127 Å². The van der Waals surface area contributed by atoms with Crippen LogP contribution in [-0.4, -0.2) is 12.6 Å². The normalized spacial score (nSPS) is 10.9. The largest absolute Gasteiger partial charge is 0.462 e. The van der Waals surface area contributed by atoms with Crippen molar-refractivity contribution in [1.82, 2.24) is 0 Å². The Morgan fingerprint density at radius 2 is 2.00 bits per heavy atom. The number of carbonyl (C=O) groups is 1. The lowest BCUT2D eigenvalue weighted by Gasteiger charge is -2.04. The molecule has 4 heteroatoms. The summed E-state index contributed by atoms with van der Waals surface area (Å²) in [4.78, 5) is 12.3. The number of hydrogen-bond donors (Lipinski definition) is 0. The molecule has 3 rings (SSSR count). The number of benzene rings is 2. The Morgan fingerprint density at radius 3 is 2.73 bits per heavy atom. The SMILES string of the molecule is CCOC(=O)c1c(-c2ccccc2F)oc2ccc(C)cc12. The first-order valence-electron chi connectivity index (χ1n) is 7.07. The lowest BCUT2D eigenvalue weighted by atomic mass is 10.0. The maximum atomic E-state index is 14.1. The molecule has 112 valence electrons. The number of furan rings is 1. The molecule has 2 aromatic carbocycles. The topological polar surface area (TPSA) is 39.4 Å².